The molecule has 1 heterocycles. The van der Waals surface area contributed by atoms with Crippen LogP contribution in [0.25, 0.3) is 0 Å². The van der Waals surface area contributed by atoms with Crippen LogP contribution in [0.4, 0.5) is 0 Å². The normalized spacial score (nSPS) is 23.8. The summed E-state index contributed by atoms with van der Waals surface area (Å²) in [7, 11) is 0. The van der Waals surface area contributed by atoms with E-state index >= 15 is 0 Å². The third-order valence-corrected chi connectivity index (χ3v) is 7.19. The number of ether oxygens (including phenoxy) is 1. The highest BCUT2D eigenvalue weighted by Gasteiger charge is 2.48. The van der Waals surface area contributed by atoms with Crippen molar-refractivity contribution in [1.29, 1.82) is 0 Å². The number of esters is 1. The maximum Gasteiger partial charge on any atom is 0.330 e. The van der Waals surface area contributed by atoms with Gasteiger partial charge in [-0.15, -0.1) is 0 Å². The smallest absolute Gasteiger partial charge is 0.330 e. The molecule has 0 fully saturated rings. The molecular weight excluding hydrogens is 480 g/mol. The van der Waals surface area contributed by atoms with Gasteiger partial charge in [0.15, 0.2) is 5.78 Å². The van der Waals surface area contributed by atoms with Gasteiger partial charge in [-0.1, -0.05) is 87.4 Å². The molecule has 210 valence electrons. The van der Waals surface area contributed by atoms with Gasteiger partial charge in [-0.05, 0) is 52.4 Å². The number of allylic oxidation sites excluding steroid dienone is 7. The predicted octanol–water partition coefficient (Wildman–Crippen LogP) is 6.39. The molecule has 0 aromatic carbocycles. The number of hydrogen-bond acceptors (Lipinski definition) is 5. The van der Waals surface area contributed by atoms with Crippen LogP contribution < -0.4 is 0 Å². The summed E-state index contributed by atoms with van der Waals surface area (Å²) in [4.78, 5) is 37.2. The van der Waals surface area contributed by atoms with Crippen LogP contribution in [0, 0.1) is 29.1 Å². The number of hydrogen-bond donors (Lipinski definition) is 2. The van der Waals surface area contributed by atoms with Crippen LogP contribution in [-0.2, 0) is 19.1 Å². The van der Waals surface area contributed by atoms with Crippen molar-refractivity contribution in [2.75, 3.05) is 0 Å². The summed E-state index contributed by atoms with van der Waals surface area (Å²) >= 11 is 0. The lowest BCUT2D eigenvalue weighted by Crippen LogP contribution is -2.50. The average molecular weight is 527 g/mol. The number of Topliss-reactive ketones (excluding diaryl/α,β-unsaturated/α-hetero) is 1. The molecule has 0 amide bonds. The van der Waals surface area contributed by atoms with Gasteiger partial charge in [-0.3, -0.25) is 4.79 Å². The van der Waals surface area contributed by atoms with Gasteiger partial charge < -0.3 is 14.9 Å². The standard InChI is InChI=1S/C32H46O6/c1-10-20(2)16-21(3)12-11-13-22(4)19-32(9,31-24(6)14-15-28(35)38-31)30(37)26(8)29(36)25(7)17-23(5)18-27(33)34/h10-11,13-16,18-19,21,24-26,29,31,36H,1,12,17H2,2-9H3,(H,33,34)/t21?,24-,25?,26?,29+,31-,32?/m0/s1. The molecule has 38 heavy (non-hydrogen) atoms. The topological polar surface area (TPSA) is 101 Å². The van der Waals surface area contributed by atoms with Crippen LogP contribution >= 0.6 is 0 Å². The SMILES string of the molecule is C=CC(C)=CC(C)CC=CC(C)=CC(C)(C(=O)C(C)[C@H](O)C(C)CC(C)=CC(=O)O)[C@H]1OC(=O)C=C[C@@H]1C. The highest BCUT2D eigenvalue weighted by atomic mass is 16.5. The summed E-state index contributed by atoms with van der Waals surface area (Å²) in [5, 5.41) is 20.1. The molecule has 6 heteroatoms. The van der Waals surface area contributed by atoms with Crippen LogP contribution in [0.2, 0.25) is 0 Å². The van der Waals surface area contributed by atoms with Gasteiger partial charge in [0.25, 0.3) is 0 Å². The lowest BCUT2D eigenvalue weighted by molar-refractivity contribution is -0.158. The zero-order valence-corrected chi connectivity index (χ0v) is 24.2. The van der Waals surface area contributed by atoms with E-state index in [0.717, 1.165) is 23.6 Å². The largest absolute Gasteiger partial charge is 0.478 e. The number of aliphatic hydroxyl groups is 1. The van der Waals surface area contributed by atoms with Crippen molar-refractivity contribution < 1.29 is 29.3 Å². The zero-order valence-electron chi connectivity index (χ0n) is 24.2. The summed E-state index contributed by atoms with van der Waals surface area (Å²) in [6.07, 6.45) is 13.5. The van der Waals surface area contributed by atoms with Crippen molar-refractivity contribution in [3.63, 3.8) is 0 Å². The molecule has 0 spiro atoms. The second-order valence-corrected chi connectivity index (χ2v) is 11.1. The van der Waals surface area contributed by atoms with E-state index in [1.54, 1.807) is 33.8 Å². The Morgan fingerprint density at radius 3 is 2.39 bits per heavy atom. The van der Waals surface area contributed by atoms with E-state index < -0.39 is 35.5 Å². The Kier molecular flexibility index (Phi) is 12.9. The lowest BCUT2D eigenvalue weighted by Gasteiger charge is -2.40. The van der Waals surface area contributed by atoms with E-state index in [4.69, 9.17) is 9.84 Å². The van der Waals surface area contributed by atoms with Gasteiger partial charge in [0.1, 0.15) is 6.10 Å². The Bertz CT molecular complexity index is 1030. The molecule has 1 aliphatic heterocycles. The second kappa shape index (κ2) is 14.8. The minimum atomic E-state index is -1.19. The number of aliphatic carboxylic acids is 1. The van der Waals surface area contributed by atoms with Crippen LogP contribution in [0.15, 0.2) is 71.9 Å². The van der Waals surface area contributed by atoms with E-state index in [1.165, 1.54) is 6.08 Å². The summed E-state index contributed by atoms with van der Waals surface area (Å²) in [6, 6.07) is 0. The quantitative estimate of drug-likeness (QED) is 0.154. The number of carboxylic acid groups (broad SMARTS) is 1. The minimum absolute atomic E-state index is 0.204. The number of rotatable bonds is 14. The van der Waals surface area contributed by atoms with Gasteiger partial charge in [0.05, 0.1) is 11.5 Å². The molecule has 0 bridgehead atoms. The van der Waals surface area contributed by atoms with Gasteiger partial charge in [0, 0.05) is 24.0 Å². The van der Waals surface area contributed by atoms with E-state index in [-0.39, 0.29) is 17.6 Å². The van der Waals surface area contributed by atoms with E-state index in [2.05, 4.69) is 25.7 Å². The monoisotopic (exact) mass is 526 g/mol. The number of carbonyl (C=O) groups is 3. The summed E-state index contributed by atoms with van der Waals surface area (Å²) in [6.45, 7) is 18.7. The molecule has 0 radical (unpaired) electrons. The van der Waals surface area contributed by atoms with Crippen LogP contribution in [0.1, 0.15) is 68.2 Å². The van der Waals surface area contributed by atoms with Gasteiger partial charge >= 0.3 is 11.9 Å². The van der Waals surface area contributed by atoms with E-state index in [1.807, 2.05) is 39.0 Å². The Morgan fingerprint density at radius 1 is 1.18 bits per heavy atom. The van der Waals surface area contributed by atoms with Gasteiger partial charge in [-0.25, -0.2) is 9.59 Å². The second-order valence-electron chi connectivity index (χ2n) is 11.1. The Labute approximate surface area is 228 Å². The highest BCUT2D eigenvalue weighted by Crippen LogP contribution is 2.39. The number of aliphatic hydroxyl groups excluding tert-OH is 1. The summed E-state index contributed by atoms with van der Waals surface area (Å²) in [5.41, 5.74) is 1.39. The van der Waals surface area contributed by atoms with Crippen LogP contribution in [0.5, 0.6) is 0 Å². The van der Waals surface area contributed by atoms with E-state index in [0.29, 0.717) is 17.9 Å². The Hall–Kier alpha value is -2.99. The first-order valence-corrected chi connectivity index (χ1v) is 13.3. The molecule has 0 saturated carbocycles. The summed E-state index contributed by atoms with van der Waals surface area (Å²) < 4.78 is 5.69. The van der Waals surface area contributed by atoms with Crippen LogP contribution in [-0.4, -0.2) is 40.1 Å². The van der Waals surface area contributed by atoms with Crippen LogP contribution in [0.3, 0.4) is 0 Å². The Balaban J connectivity index is 3.31. The molecule has 0 saturated heterocycles. The van der Waals surface area contributed by atoms with Crippen molar-refractivity contribution in [2.45, 2.75) is 80.4 Å². The van der Waals surface area contributed by atoms with Crippen molar-refractivity contribution in [1.82, 2.24) is 0 Å². The predicted molar refractivity (Wildman–Crippen MR) is 152 cm³/mol. The maximum atomic E-state index is 14.0. The maximum absolute atomic E-state index is 14.0. The molecule has 1 rings (SSSR count). The summed E-state index contributed by atoms with van der Waals surface area (Å²) in [5.74, 6) is -2.78. The van der Waals surface area contributed by atoms with Crippen molar-refractivity contribution >= 4 is 17.7 Å². The molecule has 2 N–H and O–H groups in total. The third kappa shape index (κ3) is 9.71. The molecule has 7 atom stereocenters. The number of ketones is 1. The average Bonchev–Trinajstić information content (AvgIpc) is 2.83. The van der Waals surface area contributed by atoms with Crippen molar-refractivity contribution in [3.8, 4) is 0 Å². The molecule has 4 unspecified atom stereocenters. The first-order chi connectivity index (χ1) is 17.6. The Morgan fingerprint density at radius 2 is 1.82 bits per heavy atom. The molecular formula is C32H46O6. The van der Waals surface area contributed by atoms with E-state index in [9.17, 15) is 19.5 Å². The number of carboxylic acids is 1. The first-order valence-electron chi connectivity index (χ1n) is 13.3. The zero-order chi connectivity index (χ0) is 29.2. The third-order valence-electron chi connectivity index (χ3n) is 7.19. The number of cyclic esters (lactones) is 1. The van der Waals surface area contributed by atoms with Gasteiger partial charge in [-0.2, -0.15) is 0 Å². The van der Waals surface area contributed by atoms with Gasteiger partial charge in [0.2, 0.25) is 0 Å². The highest BCUT2D eigenvalue weighted by molar-refractivity contribution is 5.91. The van der Waals surface area contributed by atoms with Crippen molar-refractivity contribution in [3.05, 3.63) is 71.9 Å². The minimum Gasteiger partial charge on any atom is -0.478 e. The molecule has 0 aliphatic carbocycles. The molecule has 6 nitrogen and oxygen atoms in total. The fourth-order valence-electron chi connectivity index (χ4n) is 5.18. The number of carbonyl (C=O) groups excluding carboxylic acids is 2. The molecule has 1 aliphatic rings. The lowest BCUT2D eigenvalue weighted by atomic mass is 9.68. The molecule has 0 aromatic rings. The fourth-order valence-corrected chi connectivity index (χ4v) is 5.18. The molecule has 0 aromatic heterocycles. The van der Waals surface area contributed by atoms with Crippen molar-refractivity contribution in [2.24, 2.45) is 29.1 Å². The first kappa shape index (κ1) is 33.0. The fraction of sp³-hybridized carbons (Fsp3) is 0.531.